The fraction of sp³-hybridized carbons (Fsp3) is 0.286. The van der Waals surface area contributed by atoms with Gasteiger partial charge >= 0.3 is 0 Å². The molecule has 6 heteroatoms. The van der Waals surface area contributed by atoms with Crippen molar-refractivity contribution in [3.63, 3.8) is 0 Å². The number of halogens is 1. The van der Waals surface area contributed by atoms with Gasteiger partial charge < -0.3 is 9.64 Å². The third-order valence-corrected chi connectivity index (χ3v) is 3.38. The summed E-state index contributed by atoms with van der Waals surface area (Å²) in [6.45, 7) is 1.83. The molecule has 0 spiro atoms. The summed E-state index contributed by atoms with van der Waals surface area (Å²) in [6, 6.07) is 4.57. The Morgan fingerprint density at radius 1 is 1.45 bits per heavy atom. The van der Waals surface area contributed by atoms with Gasteiger partial charge in [-0.3, -0.25) is 10.1 Å². The lowest BCUT2D eigenvalue weighted by atomic mass is 10.1. The van der Waals surface area contributed by atoms with E-state index in [0.29, 0.717) is 31.1 Å². The van der Waals surface area contributed by atoms with Crippen molar-refractivity contribution in [2.24, 2.45) is 0 Å². The fourth-order valence-electron chi connectivity index (χ4n) is 2.32. The smallest absolute Gasteiger partial charge is 0.133 e. The lowest BCUT2D eigenvalue weighted by molar-refractivity contribution is 0.183. The predicted octanol–water partition coefficient (Wildman–Crippen LogP) is 2.01. The number of hydrogen-bond donors (Lipinski definition) is 1. The molecule has 1 aliphatic heterocycles. The zero-order valence-electron chi connectivity index (χ0n) is 11.1. The highest BCUT2D eigenvalue weighted by molar-refractivity contribution is 6.11. The van der Waals surface area contributed by atoms with Crippen LogP contribution in [0.5, 0.6) is 0 Å². The Hall–Kier alpha value is -2.21. The summed E-state index contributed by atoms with van der Waals surface area (Å²) in [5.41, 5.74) is 2.44. The highest BCUT2D eigenvalue weighted by atomic mass is 19.1. The molecule has 2 aromatic rings. The maximum Gasteiger partial charge on any atom is 0.133 e. The highest BCUT2D eigenvalue weighted by Crippen LogP contribution is 2.28. The predicted molar refractivity (Wildman–Crippen MR) is 73.5 cm³/mol. The first kappa shape index (κ1) is 12.8. The molecule has 0 saturated heterocycles. The number of benzene rings is 1. The largest absolute Gasteiger partial charge is 0.383 e. The number of nitrogens with one attached hydrogen (secondary N) is 1. The number of methoxy groups -OCH3 is 1. The van der Waals surface area contributed by atoms with Crippen LogP contribution in [-0.2, 0) is 17.8 Å². The van der Waals surface area contributed by atoms with Gasteiger partial charge in [-0.2, -0.15) is 5.10 Å². The molecule has 1 aromatic heterocycles. The number of aromatic nitrogens is 2. The van der Waals surface area contributed by atoms with E-state index >= 15 is 0 Å². The summed E-state index contributed by atoms with van der Waals surface area (Å²) in [7, 11) is 1.64. The molecular formula is C14H15FN4O. The average Bonchev–Trinajstić information content (AvgIpc) is 3.02. The van der Waals surface area contributed by atoms with E-state index in [2.05, 4.69) is 5.10 Å². The van der Waals surface area contributed by atoms with Gasteiger partial charge in [0.2, 0.25) is 0 Å². The zero-order valence-corrected chi connectivity index (χ0v) is 11.1. The number of rotatable bonds is 4. The van der Waals surface area contributed by atoms with E-state index in [1.54, 1.807) is 24.1 Å². The van der Waals surface area contributed by atoms with Crippen LogP contribution in [0.15, 0.2) is 30.6 Å². The molecule has 0 unspecified atom stereocenters. The molecule has 2 heterocycles. The number of fused-ring (bicyclic) bond motifs is 1. The Labute approximate surface area is 116 Å². The first-order valence-corrected chi connectivity index (χ1v) is 6.35. The fourth-order valence-corrected chi connectivity index (χ4v) is 2.32. The second-order valence-electron chi connectivity index (χ2n) is 4.69. The third kappa shape index (κ3) is 2.18. The van der Waals surface area contributed by atoms with Crippen LogP contribution in [0.4, 0.5) is 10.1 Å². The van der Waals surface area contributed by atoms with E-state index in [1.165, 1.54) is 12.1 Å². The van der Waals surface area contributed by atoms with Crippen LogP contribution < -0.4 is 4.90 Å². The van der Waals surface area contributed by atoms with E-state index < -0.39 is 0 Å². The summed E-state index contributed by atoms with van der Waals surface area (Å²) in [6.07, 6.45) is 3.59. The van der Waals surface area contributed by atoms with Crippen LogP contribution in [0.3, 0.4) is 0 Å². The van der Waals surface area contributed by atoms with Gasteiger partial charge in [0.25, 0.3) is 0 Å². The average molecular weight is 274 g/mol. The van der Waals surface area contributed by atoms with Gasteiger partial charge in [-0.25, -0.2) is 4.39 Å². The van der Waals surface area contributed by atoms with Crippen LogP contribution in [0.2, 0.25) is 0 Å². The molecule has 1 aromatic carbocycles. The Morgan fingerprint density at radius 3 is 3.10 bits per heavy atom. The molecule has 104 valence electrons. The number of nitrogens with zero attached hydrogens (tertiary/aromatic N) is 3. The minimum Gasteiger partial charge on any atom is -0.383 e. The van der Waals surface area contributed by atoms with Gasteiger partial charge in [0.1, 0.15) is 11.7 Å². The molecule has 5 nitrogen and oxygen atoms in total. The van der Waals surface area contributed by atoms with Gasteiger partial charge in [-0.15, -0.1) is 0 Å². The molecular weight excluding hydrogens is 259 g/mol. The van der Waals surface area contributed by atoms with E-state index in [9.17, 15) is 4.39 Å². The summed E-state index contributed by atoms with van der Waals surface area (Å²) in [5, 5.41) is 12.4. The van der Waals surface area contributed by atoms with E-state index in [4.69, 9.17) is 10.1 Å². The second-order valence-corrected chi connectivity index (χ2v) is 4.69. The SMILES string of the molecule is COCCn1cc(N2Cc3ccc(F)cc3C2=N)cn1. The Bertz CT molecular complexity index is 652. The molecule has 3 rings (SSSR count). The minimum absolute atomic E-state index is 0.311. The van der Waals surface area contributed by atoms with Gasteiger partial charge in [0.05, 0.1) is 31.6 Å². The lowest BCUT2D eigenvalue weighted by Gasteiger charge is -2.14. The van der Waals surface area contributed by atoms with E-state index in [1.807, 2.05) is 11.1 Å². The van der Waals surface area contributed by atoms with Gasteiger partial charge in [-0.05, 0) is 17.7 Å². The lowest BCUT2D eigenvalue weighted by Crippen LogP contribution is -2.22. The number of anilines is 1. The first-order valence-electron chi connectivity index (χ1n) is 6.35. The van der Waals surface area contributed by atoms with Crippen molar-refractivity contribution in [3.8, 4) is 0 Å². The third-order valence-electron chi connectivity index (χ3n) is 3.38. The standard InChI is InChI=1S/C14H15FN4O/c1-20-5-4-18-9-12(7-17-18)19-8-10-2-3-11(15)6-13(10)14(19)16/h2-3,6-7,9,16H,4-5,8H2,1H3. The van der Waals surface area contributed by atoms with E-state index in [-0.39, 0.29) is 5.82 Å². The van der Waals surface area contributed by atoms with Gasteiger partial charge in [0.15, 0.2) is 0 Å². The van der Waals surface area contributed by atoms with Crippen LogP contribution >= 0.6 is 0 Å². The summed E-state index contributed by atoms with van der Waals surface area (Å²) < 4.78 is 20.0. The molecule has 0 fully saturated rings. The molecule has 0 radical (unpaired) electrons. The van der Waals surface area contributed by atoms with Crippen molar-refractivity contribution in [1.29, 1.82) is 5.41 Å². The molecule has 0 saturated carbocycles. The van der Waals surface area contributed by atoms with Crippen LogP contribution in [0.1, 0.15) is 11.1 Å². The molecule has 1 aliphatic rings. The van der Waals surface area contributed by atoms with Crippen LogP contribution in [-0.4, -0.2) is 29.3 Å². The number of ether oxygens (including phenoxy) is 1. The highest BCUT2D eigenvalue weighted by Gasteiger charge is 2.26. The molecule has 1 N–H and O–H groups in total. The Kier molecular flexibility index (Phi) is 3.23. The zero-order chi connectivity index (χ0) is 14.1. The second kappa shape index (κ2) is 5.05. The monoisotopic (exact) mass is 274 g/mol. The maximum atomic E-state index is 13.3. The van der Waals surface area contributed by atoms with Crippen molar-refractivity contribution in [3.05, 3.63) is 47.5 Å². The van der Waals surface area contributed by atoms with Crippen molar-refractivity contribution < 1.29 is 9.13 Å². The van der Waals surface area contributed by atoms with Crippen molar-refractivity contribution in [1.82, 2.24) is 9.78 Å². The van der Waals surface area contributed by atoms with Gasteiger partial charge in [0, 0.05) is 18.9 Å². The molecule has 20 heavy (non-hydrogen) atoms. The van der Waals surface area contributed by atoms with Crippen molar-refractivity contribution >= 4 is 11.5 Å². The summed E-state index contributed by atoms with van der Waals surface area (Å²) >= 11 is 0. The normalized spacial score (nSPS) is 13.9. The summed E-state index contributed by atoms with van der Waals surface area (Å²) in [4.78, 5) is 1.82. The molecule has 0 amide bonds. The molecule has 0 aliphatic carbocycles. The summed E-state index contributed by atoms with van der Waals surface area (Å²) in [5.74, 6) is -0.00284. The Morgan fingerprint density at radius 2 is 2.30 bits per heavy atom. The molecule has 0 bridgehead atoms. The van der Waals surface area contributed by atoms with E-state index in [0.717, 1.165) is 11.3 Å². The first-order chi connectivity index (χ1) is 9.69. The van der Waals surface area contributed by atoms with Gasteiger partial charge in [-0.1, -0.05) is 6.07 Å². The quantitative estimate of drug-likeness (QED) is 0.928. The van der Waals surface area contributed by atoms with Crippen molar-refractivity contribution in [2.75, 3.05) is 18.6 Å². The van der Waals surface area contributed by atoms with Crippen molar-refractivity contribution in [2.45, 2.75) is 13.1 Å². The minimum atomic E-state index is -0.314. The topological polar surface area (TPSA) is 54.1 Å². The van der Waals surface area contributed by atoms with Crippen LogP contribution in [0.25, 0.3) is 0 Å². The number of amidine groups is 1. The number of hydrogen-bond acceptors (Lipinski definition) is 3. The Balaban J connectivity index is 1.83. The van der Waals surface area contributed by atoms with Crippen LogP contribution in [0, 0.1) is 11.2 Å². The maximum absolute atomic E-state index is 13.3. The molecule has 0 atom stereocenters.